The first-order valence-electron chi connectivity index (χ1n) is 15.1. The molecule has 5 heterocycles. The highest BCUT2D eigenvalue weighted by atomic mass is 32.1. The summed E-state index contributed by atoms with van der Waals surface area (Å²) in [7, 11) is 2.69. The molecule has 12 heteroatoms. The summed E-state index contributed by atoms with van der Waals surface area (Å²) in [5, 5.41) is 6.46. The summed E-state index contributed by atoms with van der Waals surface area (Å²) in [4.78, 5) is 45.1. The Morgan fingerprint density at radius 3 is 1.64 bits per heavy atom. The Hall–Kier alpha value is -3.29. The van der Waals surface area contributed by atoms with Gasteiger partial charge in [0.25, 0.3) is 0 Å². The lowest BCUT2D eigenvalue weighted by Gasteiger charge is -1.93. The molecular formula is C35H44N2O6S4. The van der Waals surface area contributed by atoms with Gasteiger partial charge in [-0.2, -0.15) is 0 Å². The Kier molecular flexibility index (Phi) is 18.9. The van der Waals surface area contributed by atoms with E-state index in [4.69, 9.17) is 4.74 Å². The molecule has 0 saturated carbocycles. The molecule has 0 amide bonds. The standard InChI is InChI=1S/C15H17NO2S2.C12H13NOS2.C4H6O2.C4H8O/c1-10-8-13(5-4-12-9-19-11(2)16-12)20-14(10)6-7-15(17)18-3;1-8-5-11(16-12(8)6-14)4-3-10-7-15-9(2)13-10;1-3-4(5)6-2;1-2-4-5-3-1/h6-9H,4-5H2,1-3H3;5-7H,3-4H2,1-2H3;3H,1H2,2H3;1-4H2/b7-6+;;;. The topological polar surface area (TPSA) is 105 Å². The summed E-state index contributed by atoms with van der Waals surface area (Å²) in [5.41, 5.74) is 4.59. The van der Waals surface area contributed by atoms with E-state index in [2.05, 4.69) is 55.8 Å². The van der Waals surface area contributed by atoms with Gasteiger partial charge < -0.3 is 14.2 Å². The Labute approximate surface area is 294 Å². The second-order valence-corrected chi connectivity index (χ2v) is 14.7. The molecule has 0 unspecified atom stereocenters. The van der Waals surface area contributed by atoms with Gasteiger partial charge in [0.05, 0.1) is 40.5 Å². The molecule has 0 N–H and O–H groups in total. The average Bonchev–Trinajstić information content (AvgIpc) is 3.92. The van der Waals surface area contributed by atoms with Gasteiger partial charge in [0.1, 0.15) is 0 Å². The summed E-state index contributed by atoms with van der Waals surface area (Å²) in [5.74, 6) is -0.715. The van der Waals surface area contributed by atoms with Crippen LogP contribution in [0.5, 0.6) is 0 Å². The van der Waals surface area contributed by atoms with Crippen LogP contribution in [0, 0.1) is 27.7 Å². The lowest BCUT2D eigenvalue weighted by molar-refractivity contribution is -0.135. The molecule has 5 rings (SSSR count). The Balaban J connectivity index is 0.000000251. The minimum Gasteiger partial charge on any atom is -0.466 e. The number of carbonyl (C=O) groups excluding carboxylic acids is 3. The van der Waals surface area contributed by atoms with Crippen molar-refractivity contribution in [2.75, 3.05) is 27.4 Å². The van der Waals surface area contributed by atoms with E-state index in [0.29, 0.717) is 0 Å². The number of esters is 2. The van der Waals surface area contributed by atoms with Crippen LogP contribution in [0.3, 0.4) is 0 Å². The number of aldehydes is 1. The van der Waals surface area contributed by atoms with E-state index < -0.39 is 5.97 Å². The van der Waals surface area contributed by atoms with Gasteiger partial charge in [0.15, 0.2) is 6.29 Å². The summed E-state index contributed by atoms with van der Waals surface area (Å²) in [6.07, 6.45) is 11.8. The predicted octanol–water partition coefficient (Wildman–Crippen LogP) is 8.35. The molecule has 0 spiro atoms. The number of ether oxygens (including phenoxy) is 3. The highest BCUT2D eigenvalue weighted by molar-refractivity contribution is 7.14. The summed E-state index contributed by atoms with van der Waals surface area (Å²) in [6, 6.07) is 4.29. The molecule has 1 aliphatic rings. The SMILES string of the molecule is C1CCOC1.C=CC(=O)OC.COC(=O)/C=C/c1sc(CCc2csc(C)n2)cc1C.Cc1nc(CCc2cc(C)c(C=O)s2)cs1. The number of rotatable bonds is 10. The minimum absolute atomic E-state index is 0.322. The number of thiazole rings is 2. The molecule has 1 aliphatic heterocycles. The van der Waals surface area contributed by atoms with Crippen molar-refractivity contribution < 1.29 is 28.6 Å². The van der Waals surface area contributed by atoms with Gasteiger partial charge in [-0.25, -0.2) is 19.6 Å². The first-order valence-corrected chi connectivity index (χ1v) is 18.5. The van der Waals surface area contributed by atoms with Crippen molar-refractivity contribution in [3.63, 3.8) is 0 Å². The fraction of sp³-hybridized carbons (Fsp3) is 0.400. The van der Waals surface area contributed by atoms with Crippen LogP contribution in [0.25, 0.3) is 6.08 Å². The largest absolute Gasteiger partial charge is 0.466 e. The Morgan fingerprint density at radius 2 is 1.30 bits per heavy atom. The van der Waals surface area contributed by atoms with E-state index >= 15 is 0 Å². The monoisotopic (exact) mass is 716 g/mol. The predicted molar refractivity (Wildman–Crippen MR) is 195 cm³/mol. The van der Waals surface area contributed by atoms with Crippen molar-refractivity contribution in [1.29, 1.82) is 0 Å². The third-order valence-electron chi connectivity index (χ3n) is 6.48. The highest BCUT2D eigenvalue weighted by Gasteiger charge is 2.07. The van der Waals surface area contributed by atoms with Gasteiger partial charge in [-0.15, -0.1) is 45.3 Å². The molecule has 0 radical (unpaired) electrons. The van der Waals surface area contributed by atoms with Crippen molar-refractivity contribution in [3.05, 3.63) is 93.7 Å². The van der Waals surface area contributed by atoms with Crippen LogP contribution in [-0.4, -0.2) is 55.6 Å². The summed E-state index contributed by atoms with van der Waals surface area (Å²) >= 11 is 6.69. The molecule has 0 aliphatic carbocycles. The number of hydrogen-bond donors (Lipinski definition) is 0. The number of aromatic nitrogens is 2. The van der Waals surface area contributed by atoms with Crippen LogP contribution in [0.2, 0.25) is 0 Å². The van der Waals surface area contributed by atoms with E-state index in [1.165, 1.54) is 48.5 Å². The molecule has 8 nitrogen and oxygen atoms in total. The molecule has 1 fully saturated rings. The van der Waals surface area contributed by atoms with Crippen LogP contribution in [0.1, 0.15) is 69.7 Å². The van der Waals surface area contributed by atoms with Gasteiger partial charge in [0, 0.05) is 50.8 Å². The van der Waals surface area contributed by atoms with Crippen molar-refractivity contribution in [1.82, 2.24) is 9.97 Å². The second-order valence-electron chi connectivity index (χ2n) is 10.3. The molecule has 0 aromatic carbocycles. The fourth-order valence-electron chi connectivity index (χ4n) is 4.01. The van der Waals surface area contributed by atoms with E-state index in [-0.39, 0.29) is 5.97 Å². The van der Waals surface area contributed by atoms with E-state index in [1.807, 2.05) is 26.8 Å². The fourth-order valence-corrected chi connectivity index (χ4v) is 7.37. The smallest absolute Gasteiger partial charge is 0.330 e. The normalized spacial score (nSPS) is 11.8. The third-order valence-corrected chi connectivity index (χ3v) is 10.6. The van der Waals surface area contributed by atoms with E-state index in [0.717, 1.165) is 88.0 Å². The molecule has 0 atom stereocenters. The maximum atomic E-state index is 11.1. The van der Waals surface area contributed by atoms with E-state index in [1.54, 1.807) is 45.3 Å². The zero-order valence-electron chi connectivity index (χ0n) is 28.0. The van der Waals surface area contributed by atoms with Crippen molar-refractivity contribution >= 4 is 69.6 Å². The molecule has 4 aromatic heterocycles. The van der Waals surface area contributed by atoms with Crippen LogP contribution < -0.4 is 0 Å². The van der Waals surface area contributed by atoms with Gasteiger partial charge >= 0.3 is 11.9 Å². The molecule has 254 valence electrons. The number of carbonyl (C=O) groups is 3. The number of aryl methyl sites for hydroxylation is 8. The Morgan fingerprint density at radius 1 is 0.809 bits per heavy atom. The highest BCUT2D eigenvalue weighted by Crippen LogP contribution is 2.25. The molecular weight excluding hydrogens is 673 g/mol. The second kappa shape index (κ2) is 22.3. The molecule has 0 bridgehead atoms. The van der Waals surface area contributed by atoms with Gasteiger partial charge in [0.2, 0.25) is 0 Å². The zero-order chi connectivity index (χ0) is 34.6. The van der Waals surface area contributed by atoms with Gasteiger partial charge in [-0.05, 0) is 95.6 Å². The van der Waals surface area contributed by atoms with Crippen LogP contribution >= 0.6 is 45.3 Å². The molecule has 4 aromatic rings. The molecule has 1 saturated heterocycles. The lowest BCUT2D eigenvalue weighted by Crippen LogP contribution is -1.92. The van der Waals surface area contributed by atoms with E-state index in [9.17, 15) is 14.4 Å². The average molecular weight is 717 g/mol. The zero-order valence-corrected chi connectivity index (χ0v) is 31.2. The number of thiophene rings is 2. The maximum absolute atomic E-state index is 11.1. The van der Waals surface area contributed by atoms with Crippen LogP contribution in [-0.2, 0) is 49.5 Å². The lowest BCUT2D eigenvalue weighted by atomic mass is 10.2. The quantitative estimate of drug-likeness (QED) is 0.0917. The van der Waals surface area contributed by atoms with Gasteiger partial charge in [-0.3, -0.25) is 4.79 Å². The van der Waals surface area contributed by atoms with Gasteiger partial charge in [-0.1, -0.05) is 6.58 Å². The van der Waals surface area contributed by atoms with Crippen molar-refractivity contribution in [2.45, 2.75) is 66.2 Å². The first-order chi connectivity index (χ1) is 22.6. The van der Waals surface area contributed by atoms with Crippen LogP contribution in [0.4, 0.5) is 0 Å². The first kappa shape index (κ1) is 39.9. The Bertz CT molecular complexity index is 1570. The maximum Gasteiger partial charge on any atom is 0.330 e. The third kappa shape index (κ3) is 15.9. The van der Waals surface area contributed by atoms with Crippen molar-refractivity contribution in [2.24, 2.45) is 0 Å². The number of nitrogens with zero attached hydrogens (tertiary/aromatic N) is 2. The summed E-state index contributed by atoms with van der Waals surface area (Å²) < 4.78 is 13.7. The number of hydrogen-bond acceptors (Lipinski definition) is 12. The molecule has 47 heavy (non-hydrogen) atoms. The number of methoxy groups -OCH3 is 2. The van der Waals surface area contributed by atoms with Crippen molar-refractivity contribution in [3.8, 4) is 0 Å². The minimum atomic E-state index is -0.394. The van der Waals surface area contributed by atoms with Crippen LogP contribution in [0.15, 0.2) is 41.6 Å². The summed E-state index contributed by atoms with van der Waals surface area (Å²) in [6.45, 7) is 13.2.